The molecule has 0 N–H and O–H groups in total. The Balaban J connectivity index is 1.70. The van der Waals surface area contributed by atoms with Crippen molar-refractivity contribution in [3.63, 3.8) is 0 Å². The summed E-state index contributed by atoms with van der Waals surface area (Å²) in [5.74, 6) is 0.467. The maximum Gasteiger partial charge on any atom is 0.110 e. The Morgan fingerprint density at radius 3 is 2.00 bits per heavy atom. The topological polar surface area (TPSA) is 24.7 Å². The quantitative estimate of drug-likeness (QED) is 0.743. The summed E-state index contributed by atoms with van der Waals surface area (Å²) in [5, 5.41) is 0. The fraction of sp³-hybridized carbons (Fsp3) is 0.263. The van der Waals surface area contributed by atoms with Crippen molar-refractivity contribution in [2.45, 2.75) is 31.2 Å². The molecule has 0 radical (unpaired) electrons. The standard InChI is InChI=1S/C19H20N2/c1-3-8-16(9-4-1)19(17-10-5-2-6-11-17)13-7-12-18-14-20-15-21-18/h1-6,8-11,14-15,18-19H,7,12-13H2. The molecular weight excluding hydrogens is 256 g/mol. The van der Waals surface area contributed by atoms with E-state index < -0.39 is 0 Å². The molecule has 1 unspecified atom stereocenters. The van der Waals surface area contributed by atoms with E-state index in [0.717, 1.165) is 19.3 Å². The zero-order valence-corrected chi connectivity index (χ0v) is 12.1. The molecule has 2 aromatic rings. The lowest BCUT2D eigenvalue weighted by Gasteiger charge is -2.18. The largest absolute Gasteiger partial charge is 0.264 e. The molecule has 0 saturated carbocycles. The molecule has 1 aliphatic rings. The second kappa shape index (κ2) is 6.98. The second-order valence-electron chi connectivity index (χ2n) is 5.43. The molecule has 1 atom stereocenters. The molecule has 21 heavy (non-hydrogen) atoms. The number of benzene rings is 2. The van der Waals surface area contributed by atoms with Gasteiger partial charge in [0.25, 0.3) is 0 Å². The van der Waals surface area contributed by atoms with Crippen molar-refractivity contribution in [2.24, 2.45) is 9.98 Å². The van der Waals surface area contributed by atoms with Crippen LogP contribution in [0.4, 0.5) is 0 Å². The van der Waals surface area contributed by atoms with E-state index in [-0.39, 0.29) is 6.04 Å². The van der Waals surface area contributed by atoms with Gasteiger partial charge in [-0.1, -0.05) is 60.7 Å². The minimum Gasteiger partial charge on any atom is -0.264 e. The molecule has 1 heterocycles. The first kappa shape index (κ1) is 13.7. The Bertz CT molecular complexity index is 550. The molecule has 2 nitrogen and oxygen atoms in total. The summed E-state index contributed by atoms with van der Waals surface area (Å²) < 4.78 is 0. The highest BCUT2D eigenvalue weighted by Gasteiger charge is 2.15. The first-order valence-electron chi connectivity index (χ1n) is 7.58. The lowest BCUT2D eigenvalue weighted by atomic mass is 9.86. The summed E-state index contributed by atoms with van der Waals surface area (Å²) in [6.45, 7) is 0. The first-order chi connectivity index (χ1) is 10.4. The molecule has 0 aromatic heterocycles. The highest BCUT2D eigenvalue weighted by molar-refractivity contribution is 5.82. The molecule has 0 saturated heterocycles. The Morgan fingerprint density at radius 2 is 1.48 bits per heavy atom. The van der Waals surface area contributed by atoms with Gasteiger partial charge in [0.15, 0.2) is 0 Å². The predicted molar refractivity (Wildman–Crippen MR) is 89.4 cm³/mol. The number of hydrogen-bond donors (Lipinski definition) is 0. The van der Waals surface area contributed by atoms with Crippen molar-refractivity contribution < 1.29 is 0 Å². The molecule has 0 aliphatic carbocycles. The second-order valence-corrected chi connectivity index (χ2v) is 5.43. The monoisotopic (exact) mass is 276 g/mol. The van der Waals surface area contributed by atoms with Crippen molar-refractivity contribution in [1.82, 2.24) is 0 Å². The predicted octanol–water partition coefficient (Wildman–Crippen LogP) is 4.47. The van der Waals surface area contributed by atoms with Crippen molar-refractivity contribution in [2.75, 3.05) is 0 Å². The number of rotatable bonds is 6. The third kappa shape index (κ3) is 3.66. The Labute approximate surface area is 126 Å². The maximum absolute atomic E-state index is 4.33. The van der Waals surface area contributed by atoms with E-state index >= 15 is 0 Å². The number of nitrogens with zero attached hydrogens (tertiary/aromatic N) is 2. The van der Waals surface area contributed by atoms with Gasteiger partial charge in [0.05, 0.1) is 6.04 Å². The Morgan fingerprint density at radius 1 is 0.857 bits per heavy atom. The van der Waals surface area contributed by atoms with E-state index in [9.17, 15) is 0 Å². The normalized spacial score (nSPS) is 16.7. The van der Waals surface area contributed by atoms with Crippen LogP contribution in [0.5, 0.6) is 0 Å². The van der Waals surface area contributed by atoms with Crippen molar-refractivity contribution in [1.29, 1.82) is 0 Å². The van der Waals surface area contributed by atoms with Gasteiger partial charge >= 0.3 is 0 Å². The molecule has 0 amide bonds. The summed E-state index contributed by atoms with van der Waals surface area (Å²) in [6.07, 6.45) is 6.99. The Hall–Kier alpha value is -2.22. The van der Waals surface area contributed by atoms with E-state index in [0.29, 0.717) is 5.92 Å². The minimum absolute atomic E-state index is 0.289. The third-order valence-electron chi connectivity index (χ3n) is 3.98. The molecule has 106 valence electrons. The fourth-order valence-corrected chi connectivity index (χ4v) is 2.88. The molecule has 1 aliphatic heterocycles. The van der Waals surface area contributed by atoms with Crippen LogP contribution in [0.1, 0.15) is 36.3 Å². The lowest BCUT2D eigenvalue weighted by molar-refractivity contribution is 0.613. The van der Waals surface area contributed by atoms with Crippen molar-refractivity contribution in [3.05, 3.63) is 71.8 Å². The average molecular weight is 276 g/mol. The third-order valence-corrected chi connectivity index (χ3v) is 3.98. The van der Waals surface area contributed by atoms with Gasteiger partial charge < -0.3 is 0 Å². The van der Waals surface area contributed by atoms with Crippen LogP contribution in [0, 0.1) is 0 Å². The summed E-state index contributed by atoms with van der Waals surface area (Å²) >= 11 is 0. The van der Waals surface area contributed by atoms with Crippen molar-refractivity contribution in [3.8, 4) is 0 Å². The van der Waals surface area contributed by atoms with Crippen LogP contribution in [-0.2, 0) is 0 Å². The van der Waals surface area contributed by atoms with E-state index in [4.69, 9.17) is 0 Å². The molecular formula is C19H20N2. The Kier molecular flexibility index (Phi) is 4.57. The molecule has 0 bridgehead atoms. The minimum atomic E-state index is 0.289. The van der Waals surface area contributed by atoms with Crippen LogP contribution < -0.4 is 0 Å². The summed E-state index contributed by atoms with van der Waals surface area (Å²) in [7, 11) is 0. The molecule has 0 fully saturated rings. The molecule has 0 spiro atoms. The molecule has 2 heteroatoms. The maximum atomic E-state index is 4.33. The van der Waals surface area contributed by atoms with E-state index in [2.05, 4.69) is 70.6 Å². The SMILES string of the molecule is C1=NC=NC1CCCC(c1ccccc1)c1ccccc1. The lowest BCUT2D eigenvalue weighted by Crippen LogP contribution is -2.06. The van der Waals surface area contributed by atoms with E-state index in [1.54, 1.807) is 6.34 Å². The van der Waals surface area contributed by atoms with Crippen LogP contribution in [-0.4, -0.2) is 18.6 Å². The summed E-state index contributed by atoms with van der Waals surface area (Å²) in [5.41, 5.74) is 2.79. The van der Waals surface area contributed by atoms with E-state index in [1.165, 1.54) is 11.1 Å². The van der Waals surface area contributed by atoms with Crippen LogP contribution >= 0.6 is 0 Å². The van der Waals surface area contributed by atoms with Gasteiger partial charge in [-0.2, -0.15) is 0 Å². The van der Waals surface area contributed by atoms with Crippen molar-refractivity contribution >= 4 is 12.6 Å². The van der Waals surface area contributed by atoms with Gasteiger partial charge in [0.2, 0.25) is 0 Å². The van der Waals surface area contributed by atoms with Crippen LogP contribution in [0.3, 0.4) is 0 Å². The van der Waals surface area contributed by atoms with Gasteiger partial charge in [0, 0.05) is 12.1 Å². The number of hydrogen-bond acceptors (Lipinski definition) is 2. The summed E-state index contributed by atoms with van der Waals surface area (Å²) in [4.78, 5) is 8.39. The van der Waals surface area contributed by atoms with Crippen LogP contribution in [0.2, 0.25) is 0 Å². The van der Waals surface area contributed by atoms with Gasteiger partial charge in [-0.15, -0.1) is 0 Å². The van der Waals surface area contributed by atoms with Gasteiger partial charge in [0.1, 0.15) is 6.34 Å². The van der Waals surface area contributed by atoms with Gasteiger partial charge in [-0.25, -0.2) is 4.99 Å². The van der Waals surface area contributed by atoms with E-state index in [1.807, 2.05) is 6.21 Å². The molecule has 2 aromatic carbocycles. The summed E-state index contributed by atoms with van der Waals surface area (Å²) in [6, 6.07) is 21.9. The molecule has 3 rings (SSSR count). The smallest absolute Gasteiger partial charge is 0.110 e. The highest BCUT2D eigenvalue weighted by Crippen LogP contribution is 2.29. The first-order valence-corrected chi connectivity index (χ1v) is 7.58. The van der Waals surface area contributed by atoms with Gasteiger partial charge in [-0.3, -0.25) is 4.99 Å². The van der Waals surface area contributed by atoms with Gasteiger partial charge in [-0.05, 0) is 30.4 Å². The zero-order chi connectivity index (χ0) is 14.3. The van der Waals surface area contributed by atoms with Crippen LogP contribution in [0.15, 0.2) is 70.6 Å². The highest BCUT2D eigenvalue weighted by atomic mass is 14.9. The average Bonchev–Trinajstić information content (AvgIpc) is 3.07. The fourth-order valence-electron chi connectivity index (χ4n) is 2.88. The zero-order valence-electron chi connectivity index (χ0n) is 12.1. The van der Waals surface area contributed by atoms with Crippen LogP contribution in [0.25, 0.3) is 0 Å². The number of aliphatic imine (C=N–C) groups is 2.